The maximum atomic E-state index is 6.20. The number of fused-ring (bicyclic) bond motifs is 1. The summed E-state index contributed by atoms with van der Waals surface area (Å²) in [7, 11) is 0. The monoisotopic (exact) mass is 291 g/mol. The lowest BCUT2D eigenvalue weighted by atomic mass is 9.87. The van der Waals surface area contributed by atoms with Gasteiger partial charge in [-0.3, -0.25) is 0 Å². The highest BCUT2D eigenvalue weighted by Crippen LogP contribution is 2.28. The molecule has 0 bridgehead atoms. The summed E-state index contributed by atoms with van der Waals surface area (Å²) < 4.78 is 5.44. The number of aromatic nitrogens is 1. The van der Waals surface area contributed by atoms with E-state index in [4.69, 9.17) is 16.0 Å². The van der Waals surface area contributed by atoms with Crippen LogP contribution in [0.4, 0.5) is 0 Å². The fourth-order valence-corrected chi connectivity index (χ4v) is 3.55. The summed E-state index contributed by atoms with van der Waals surface area (Å²) in [5, 5.41) is 1.49. The van der Waals surface area contributed by atoms with Crippen molar-refractivity contribution in [2.24, 2.45) is 5.92 Å². The van der Waals surface area contributed by atoms with Crippen molar-refractivity contribution in [3.05, 3.63) is 29.2 Å². The maximum absolute atomic E-state index is 6.20. The van der Waals surface area contributed by atoms with Crippen molar-refractivity contribution in [1.82, 2.24) is 4.98 Å². The minimum absolute atomic E-state index is 0.573. The summed E-state index contributed by atoms with van der Waals surface area (Å²) in [4.78, 5) is 4.51. The Morgan fingerprint density at radius 1 is 1.15 bits per heavy atom. The van der Waals surface area contributed by atoms with Crippen LogP contribution in [0.5, 0.6) is 0 Å². The third kappa shape index (κ3) is 3.35. The van der Waals surface area contributed by atoms with Crippen LogP contribution >= 0.6 is 11.6 Å². The average Bonchev–Trinajstić information content (AvgIpc) is 2.86. The first-order valence-electron chi connectivity index (χ1n) is 7.85. The Bertz CT molecular complexity index is 555. The molecule has 2 aromatic rings. The van der Waals surface area contributed by atoms with Crippen LogP contribution in [-0.4, -0.2) is 4.98 Å². The molecule has 1 saturated carbocycles. The lowest BCUT2D eigenvalue weighted by molar-refractivity contribution is 0.358. The van der Waals surface area contributed by atoms with Gasteiger partial charge in [0.2, 0.25) is 0 Å². The van der Waals surface area contributed by atoms with E-state index in [0.717, 1.165) is 29.0 Å². The van der Waals surface area contributed by atoms with Crippen molar-refractivity contribution >= 4 is 22.6 Å². The molecule has 0 aliphatic heterocycles. The van der Waals surface area contributed by atoms with E-state index in [1.54, 1.807) is 6.26 Å². The lowest BCUT2D eigenvalue weighted by Gasteiger charge is -2.19. The van der Waals surface area contributed by atoms with E-state index in [0.29, 0.717) is 5.15 Å². The van der Waals surface area contributed by atoms with Gasteiger partial charge in [0.1, 0.15) is 10.7 Å². The number of pyridine rings is 1. The molecule has 0 spiro atoms. The Morgan fingerprint density at radius 2 is 1.90 bits per heavy atom. The largest absolute Gasteiger partial charge is 0.464 e. The molecule has 3 heteroatoms. The predicted octanol–water partition coefficient (Wildman–Crippen LogP) is 5.77. The first kappa shape index (κ1) is 13.9. The Labute approximate surface area is 125 Å². The van der Waals surface area contributed by atoms with Crippen LogP contribution < -0.4 is 0 Å². The van der Waals surface area contributed by atoms with Crippen LogP contribution in [0.1, 0.15) is 57.1 Å². The zero-order valence-electron chi connectivity index (χ0n) is 11.9. The zero-order valence-corrected chi connectivity index (χ0v) is 12.7. The molecule has 1 aliphatic rings. The number of hydrogen-bond donors (Lipinski definition) is 0. The molecule has 0 atom stereocenters. The molecule has 1 aliphatic carbocycles. The van der Waals surface area contributed by atoms with Gasteiger partial charge in [0, 0.05) is 11.8 Å². The van der Waals surface area contributed by atoms with Gasteiger partial charge in [0.15, 0.2) is 0 Å². The highest BCUT2D eigenvalue weighted by atomic mass is 35.5. The Hall–Kier alpha value is -1.02. The number of hydrogen-bond acceptors (Lipinski definition) is 2. The fourth-order valence-electron chi connectivity index (χ4n) is 3.28. The SMILES string of the molecule is Clc1nc(CCC2CCCCCCC2)cc2occc12. The summed E-state index contributed by atoms with van der Waals surface area (Å²) in [6.07, 6.45) is 13.8. The molecule has 0 unspecified atom stereocenters. The van der Waals surface area contributed by atoms with E-state index in [2.05, 4.69) is 4.98 Å². The molecule has 0 radical (unpaired) electrons. The molecule has 2 heterocycles. The molecule has 2 aromatic heterocycles. The van der Waals surface area contributed by atoms with Crippen LogP contribution in [-0.2, 0) is 6.42 Å². The summed E-state index contributed by atoms with van der Waals surface area (Å²) in [6, 6.07) is 3.92. The smallest absolute Gasteiger partial charge is 0.140 e. The minimum atomic E-state index is 0.573. The van der Waals surface area contributed by atoms with Gasteiger partial charge in [-0.15, -0.1) is 0 Å². The second-order valence-electron chi connectivity index (χ2n) is 5.99. The Balaban J connectivity index is 1.63. The van der Waals surface area contributed by atoms with E-state index >= 15 is 0 Å². The number of aryl methyl sites for hydroxylation is 1. The molecule has 1 fully saturated rings. The molecule has 2 nitrogen and oxygen atoms in total. The van der Waals surface area contributed by atoms with E-state index in [9.17, 15) is 0 Å². The second kappa shape index (κ2) is 6.62. The van der Waals surface area contributed by atoms with Gasteiger partial charge >= 0.3 is 0 Å². The molecule has 3 rings (SSSR count). The summed E-state index contributed by atoms with van der Waals surface area (Å²) in [5.41, 5.74) is 1.93. The van der Waals surface area contributed by atoms with Crippen molar-refractivity contribution < 1.29 is 4.42 Å². The molecule has 0 N–H and O–H groups in total. The van der Waals surface area contributed by atoms with Gasteiger partial charge in [0.25, 0.3) is 0 Å². The van der Waals surface area contributed by atoms with Crippen molar-refractivity contribution in [2.45, 2.75) is 57.8 Å². The van der Waals surface area contributed by atoms with Gasteiger partial charge in [-0.1, -0.05) is 56.5 Å². The highest BCUT2D eigenvalue weighted by Gasteiger charge is 2.13. The van der Waals surface area contributed by atoms with E-state index in [1.165, 1.54) is 51.4 Å². The van der Waals surface area contributed by atoms with Crippen LogP contribution in [0.2, 0.25) is 5.15 Å². The molecular weight excluding hydrogens is 270 g/mol. The van der Waals surface area contributed by atoms with Gasteiger partial charge in [-0.05, 0) is 24.8 Å². The average molecular weight is 292 g/mol. The van der Waals surface area contributed by atoms with E-state index in [-0.39, 0.29) is 0 Å². The third-order valence-corrected chi connectivity index (χ3v) is 4.78. The predicted molar refractivity (Wildman–Crippen MR) is 83.1 cm³/mol. The quantitative estimate of drug-likeness (QED) is 0.671. The second-order valence-corrected chi connectivity index (χ2v) is 6.34. The van der Waals surface area contributed by atoms with E-state index in [1.807, 2.05) is 12.1 Å². The number of halogens is 1. The van der Waals surface area contributed by atoms with Gasteiger partial charge in [0.05, 0.1) is 11.6 Å². The van der Waals surface area contributed by atoms with Crippen LogP contribution in [0.25, 0.3) is 11.0 Å². The highest BCUT2D eigenvalue weighted by molar-refractivity contribution is 6.34. The molecule has 0 amide bonds. The first-order valence-corrected chi connectivity index (χ1v) is 8.23. The fraction of sp³-hybridized carbons (Fsp3) is 0.588. The number of furan rings is 1. The topological polar surface area (TPSA) is 26.0 Å². The first-order chi connectivity index (χ1) is 9.83. The summed E-state index contributed by atoms with van der Waals surface area (Å²) in [5.74, 6) is 0.864. The Morgan fingerprint density at radius 3 is 2.70 bits per heavy atom. The number of nitrogens with zero attached hydrogens (tertiary/aromatic N) is 1. The van der Waals surface area contributed by atoms with Gasteiger partial charge < -0.3 is 4.42 Å². The lowest BCUT2D eigenvalue weighted by Crippen LogP contribution is -2.06. The van der Waals surface area contributed by atoms with Crippen molar-refractivity contribution in [1.29, 1.82) is 0 Å². The van der Waals surface area contributed by atoms with E-state index < -0.39 is 0 Å². The van der Waals surface area contributed by atoms with Crippen LogP contribution in [0, 0.1) is 5.92 Å². The molecule has 20 heavy (non-hydrogen) atoms. The third-order valence-electron chi connectivity index (χ3n) is 4.49. The van der Waals surface area contributed by atoms with Crippen LogP contribution in [0.3, 0.4) is 0 Å². The zero-order chi connectivity index (χ0) is 13.8. The molecule has 108 valence electrons. The van der Waals surface area contributed by atoms with Crippen molar-refractivity contribution in [2.75, 3.05) is 0 Å². The number of rotatable bonds is 3. The molecular formula is C17H22ClNO. The van der Waals surface area contributed by atoms with Crippen LogP contribution in [0.15, 0.2) is 22.8 Å². The Kier molecular flexibility index (Phi) is 4.62. The van der Waals surface area contributed by atoms with Crippen molar-refractivity contribution in [3.8, 4) is 0 Å². The van der Waals surface area contributed by atoms with Gasteiger partial charge in [-0.2, -0.15) is 0 Å². The molecule has 0 saturated heterocycles. The maximum Gasteiger partial charge on any atom is 0.140 e. The summed E-state index contributed by atoms with van der Waals surface area (Å²) in [6.45, 7) is 0. The molecule has 0 aromatic carbocycles. The summed E-state index contributed by atoms with van der Waals surface area (Å²) >= 11 is 6.20. The minimum Gasteiger partial charge on any atom is -0.464 e. The van der Waals surface area contributed by atoms with Gasteiger partial charge in [-0.25, -0.2) is 4.98 Å². The van der Waals surface area contributed by atoms with Crippen molar-refractivity contribution in [3.63, 3.8) is 0 Å². The standard InChI is InChI=1S/C17H22ClNO/c18-17-15-10-11-20-16(15)12-14(19-17)9-8-13-6-4-2-1-3-5-7-13/h10-13H,1-9H2. The normalized spacial score (nSPS) is 18.1.